The fraction of sp³-hybridized carbons (Fsp3) is 0.643. The minimum Gasteiger partial charge on any atom is -0.271 e. The molecule has 0 radical (unpaired) electrons. The van der Waals surface area contributed by atoms with Crippen molar-refractivity contribution in [1.82, 2.24) is 10.4 Å². The topological polar surface area (TPSA) is 50.9 Å². The van der Waals surface area contributed by atoms with Crippen LogP contribution in [-0.4, -0.2) is 11.0 Å². The van der Waals surface area contributed by atoms with E-state index >= 15 is 0 Å². The van der Waals surface area contributed by atoms with Crippen LogP contribution >= 0.6 is 15.9 Å². The van der Waals surface area contributed by atoms with E-state index in [0.717, 1.165) is 17.3 Å². The van der Waals surface area contributed by atoms with E-state index in [9.17, 15) is 0 Å². The molecule has 1 aromatic heterocycles. The molecule has 102 valence electrons. The van der Waals surface area contributed by atoms with Gasteiger partial charge in [0.15, 0.2) is 0 Å². The van der Waals surface area contributed by atoms with Crippen molar-refractivity contribution in [1.29, 1.82) is 0 Å². The first-order valence-corrected chi connectivity index (χ1v) is 7.56. The van der Waals surface area contributed by atoms with Gasteiger partial charge in [0.05, 0.1) is 0 Å². The highest BCUT2D eigenvalue weighted by Crippen LogP contribution is 2.20. The van der Waals surface area contributed by atoms with Gasteiger partial charge in [-0.1, -0.05) is 33.1 Å². The third-order valence-electron chi connectivity index (χ3n) is 3.45. The highest BCUT2D eigenvalue weighted by atomic mass is 79.9. The van der Waals surface area contributed by atoms with E-state index in [4.69, 9.17) is 5.84 Å². The van der Waals surface area contributed by atoms with Crippen molar-refractivity contribution in [2.45, 2.75) is 52.0 Å². The zero-order valence-corrected chi connectivity index (χ0v) is 12.9. The van der Waals surface area contributed by atoms with E-state index < -0.39 is 0 Å². The predicted molar refractivity (Wildman–Crippen MR) is 80.1 cm³/mol. The van der Waals surface area contributed by atoms with Gasteiger partial charge in [-0.2, -0.15) is 0 Å². The molecule has 3 nitrogen and oxygen atoms in total. The van der Waals surface area contributed by atoms with Crippen molar-refractivity contribution in [3.8, 4) is 0 Å². The van der Waals surface area contributed by atoms with Crippen LogP contribution in [0.4, 0.5) is 0 Å². The van der Waals surface area contributed by atoms with Gasteiger partial charge in [-0.05, 0) is 46.3 Å². The van der Waals surface area contributed by atoms with Crippen LogP contribution in [0.3, 0.4) is 0 Å². The molecule has 0 bridgehead atoms. The maximum atomic E-state index is 5.72. The Bertz CT molecular complexity index is 344. The van der Waals surface area contributed by atoms with Gasteiger partial charge in [0, 0.05) is 22.9 Å². The highest BCUT2D eigenvalue weighted by molar-refractivity contribution is 9.10. The molecule has 0 saturated carbocycles. The second-order valence-corrected chi connectivity index (χ2v) is 5.71. The maximum absolute atomic E-state index is 5.72. The lowest BCUT2D eigenvalue weighted by Gasteiger charge is -2.25. The molecule has 0 aliphatic carbocycles. The van der Waals surface area contributed by atoms with Crippen molar-refractivity contribution in [3.05, 3.63) is 28.5 Å². The average molecular weight is 314 g/mol. The van der Waals surface area contributed by atoms with E-state index in [1.54, 1.807) is 0 Å². The van der Waals surface area contributed by atoms with Crippen molar-refractivity contribution >= 4 is 15.9 Å². The minimum absolute atomic E-state index is 0.331. The minimum atomic E-state index is 0.331. The zero-order chi connectivity index (χ0) is 13.4. The number of hydrazine groups is 1. The number of hydrogen-bond donors (Lipinski definition) is 2. The molecule has 1 heterocycles. The third-order valence-corrected chi connectivity index (χ3v) is 3.89. The quantitative estimate of drug-likeness (QED) is 0.571. The number of pyridine rings is 1. The molecule has 1 aromatic rings. The molecule has 0 fully saturated rings. The molecule has 2 unspecified atom stereocenters. The zero-order valence-electron chi connectivity index (χ0n) is 11.3. The van der Waals surface area contributed by atoms with Crippen molar-refractivity contribution in [2.75, 3.05) is 0 Å². The van der Waals surface area contributed by atoms with Crippen molar-refractivity contribution in [3.63, 3.8) is 0 Å². The monoisotopic (exact) mass is 313 g/mol. The summed E-state index contributed by atoms with van der Waals surface area (Å²) in [5.41, 5.74) is 4.21. The number of hydrogen-bond acceptors (Lipinski definition) is 3. The Balaban J connectivity index is 2.64. The molecule has 0 saturated heterocycles. The normalized spacial score (nSPS) is 14.4. The lowest BCUT2D eigenvalue weighted by Crippen LogP contribution is -2.42. The molecule has 0 aromatic carbocycles. The smallest absolute Gasteiger partial charge is 0.0410 e. The molecule has 0 spiro atoms. The van der Waals surface area contributed by atoms with Gasteiger partial charge in [0.2, 0.25) is 0 Å². The Hall–Kier alpha value is -0.450. The summed E-state index contributed by atoms with van der Waals surface area (Å²) >= 11 is 3.46. The summed E-state index contributed by atoms with van der Waals surface area (Å²) < 4.78 is 1.03. The molecule has 18 heavy (non-hydrogen) atoms. The van der Waals surface area contributed by atoms with Crippen LogP contribution in [0, 0.1) is 5.92 Å². The summed E-state index contributed by atoms with van der Waals surface area (Å²) in [5.74, 6) is 6.36. The first-order chi connectivity index (χ1) is 8.71. The van der Waals surface area contributed by atoms with Gasteiger partial charge in [-0.15, -0.1) is 0 Å². The summed E-state index contributed by atoms with van der Waals surface area (Å²) in [6.45, 7) is 4.47. The van der Waals surface area contributed by atoms with Crippen LogP contribution in [-0.2, 0) is 6.42 Å². The first kappa shape index (κ1) is 15.6. The second-order valence-electron chi connectivity index (χ2n) is 4.80. The largest absolute Gasteiger partial charge is 0.271 e. The van der Waals surface area contributed by atoms with E-state index in [2.05, 4.69) is 46.3 Å². The summed E-state index contributed by atoms with van der Waals surface area (Å²) in [5, 5.41) is 0. The lowest BCUT2D eigenvalue weighted by atomic mass is 9.88. The third kappa shape index (κ3) is 5.04. The molecule has 3 N–H and O–H groups in total. The SMILES string of the molecule is CCCCC(CC)C(Cc1cncc(Br)c1)NN. The lowest BCUT2D eigenvalue weighted by molar-refractivity contribution is 0.318. The van der Waals surface area contributed by atoms with Crippen LogP contribution in [0.15, 0.2) is 22.9 Å². The molecular formula is C14H24BrN3. The van der Waals surface area contributed by atoms with Gasteiger partial charge in [-0.25, -0.2) is 0 Å². The van der Waals surface area contributed by atoms with Crippen molar-refractivity contribution < 1.29 is 0 Å². The van der Waals surface area contributed by atoms with Crippen LogP contribution in [0.5, 0.6) is 0 Å². The summed E-state index contributed by atoms with van der Waals surface area (Å²) in [4.78, 5) is 4.20. The Kier molecular flexibility index (Phi) is 7.47. The van der Waals surface area contributed by atoms with Crippen LogP contribution < -0.4 is 11.3 Å². The van der Waals surface area contributed by atoms with Gasteiger partial charge in [-0.3, -0.25) is 16.3 Å². The van der Waals surface area contributed by atoms with Gasteiger partial charge >= 0.3 is 0 Å². The standard InChI is InChI=1S/C14H24BrN3/c1-3-5-6-12(4-2)14(18-16)8-11-7-13(15)10-17-9-11/h7,9-10,12,14,18H,3-6,8,16H2,1-2H3. The second kappa shape index (κ2) is 8.62. The van der Waals surface area contributed by atoms with E-state index in [1.165, 1.54) is 24.8 Å². The summed E-state index contributed by atoms with van der Waals surface area (Å²) in [6, 6.07) is 2.45. The highest BCUT2D eigenvalue weighted by Gasteiger charge is 2.18. The fourth-order valence-corrected chi connectivity index (χ4v) is 2.75. The number of aromatic nitrogens is 1. The summed E-state index contributed by atoms with van der Waals surface area (Å²) in [6.07, 6.45) is 9.58. The van der Waals surface area contributed by atoms with Crippen LogP contribution in [0.25, 0.3) is 0 Å². The van der Waals surface area contributed by atoms with Crippen LogP contribution in [0.1, 0.15) is 45.1 Å². The van der Waals surface area contributed by atoms with E-state index in [0.29, 0.717) is 12.0 Å². The Labute approximate surface area is 119 Å². The molecule has 1 rings (SSSR count). The van der Waals surface area contributed by atoms with Crippen LogP contribution in [0.2, 0.25) is 0 Å². The molecule has 0 aliphatic rings. The molecule has 4 heteroatoms. The van der Waals surface area contributed by atoms with E-state index in [1.807, 2.05) is 12.4 Å². The Morgan fingerprint density at radius 3 is 2.72 bits per heavy atom. The number of nitrogens with zero attached hydrogens (tertiary/aromatic N) is 1. The van der Waals surface area contributed by atoms with Gasteiger partial charge in [0.25, 0.3) is 0 Å². The molecular weight excluding hydrogens is 290 g/mol. The average Bonchev–Trinajstić information content (AvgIpc) is 2.38. The maximum Gasteiger partial charge on any atom is 0.0410 e. The Morgan fingerprint density at radius 2 is 2.17 bits per heavy atom. The van der Waals surface area contributed by atoms with E-state index in [-0.39, 0.29) is 0 Å². The first-order valence-electron chi connectivity index (χ1n) is 6.76. The number of nitrogens with two attached hydrogens (primary N) is 1. The molecule has 0 aliphatic heterocycles. The predicted octanol–water partition coefficient (Wildman–Crippen LogP) is 3.43. The fourth-order valence-electron chi connectivity index (χ4n) is 2.34. The summed E-state index contributed by atoms with van der Waals surface area (Å²) in [7, 11) is 0. The molecule has 2 atom stereocenters. The number of nitrogens with one attached hydrogen (secondary N) is 1. The number of halogens is 1. The van der Waals surface area contributed by atoms with Gasteiger partial charge < -0.3 is 0 Å². The Morgan fingerprint density at radius 1 is 1.39 bits per heavy atom. The number of unbranched alkanes of at least 4 members (excludes halogenated alkanes) is 1. The van der Waals surface area contributed by atoms with Gasteiger partial charge in [0.1, 0.15) is 0 Å². The van der Waals surface area contributed by atoms with Crippen molar-refractivity contribution in [2.24, 2.45) is 11.8 Å². The molecule has 0 amide bonds. The number of rotatable bonds is 8.